The second-order valence-electron chi connectivity index (χ2n) is 4.95. The third-order valence-electron chi connectivity index (χ3n) is 3.37. The molecule has 1 heterocycles. The van der Waals surface area contributed by atoms with Gasteiger partial charge in [0.2, 0.25) is 5.28 Å². The number of hydrogen-bond acceptors (Lipinski definition) is 4. The molecule has 1 aromatic heterocycles. The highest BCUT2D eigenvalue weighted by Crippen LogP contribution is 2.26. The summed E-state index contributed by atoms with van der Waals surface area (Å²) in [5, 5.41) is 1.21. The van der Waals surface area contributed by atoms with E-state index in [0.29, 0.717) is 5.69 Å². The summed E-state index contributed by atoms with van der Waals surface area (Å²) in [4.78, 5) is 9.90. The van der Waals surface area contributed by atoms with Crippen LogP contribution in [0.4, 0.5) is 5.69 Å². The van der Waals surface area contributed by atoms with Gasteiger partial charge in [-0.05, 0) is 54.5 Å². The van der Waals surface area contributed by atoms with Crippen molar-refractivity contribution in [1.82, 2.24) is 9.97 Å². The van der Waals surface area contributed by atoms with E-state index in [0.717, 1.165) is 35.2 Å². The lowest BCUT2D eigenvalue weighted by atomic mass is 10.1. The maximum Gasteiger partial charge on any atom is 0.223 e. The van der Waals surface area contributed by atoms with Crippen LogP contribution in [-0.2, 0) is 6.42 Å². The number of fused-ring (bicyclic) bond motifs is 1. The van der Waals surface area contributed by atoms with Gasteiger partial charge in [-0.3, -0.25) is 0 Å². The Balaban J connectivity index is 1.71. The van der Waals surface area contributed by atoms with Crippen molar-refractivity contribution in [3.63, 3.8) is 0 Å². The minimum absolute atomic E-state index is 0.281. The number of nitrogen functional groups attached to an aromatic ring is 1. The number of aryl methyl sites for hydroxylation is 1. The highest BCUT2D eigenvalue weighted by molar-refractivity contribution is 7.99. The number of benzene rings is 2. The minimum atomic E-state index is 0.281. The molecular formula is C17H16ClN3S. The van der Waals surface area contributed by atoms with Crippen molar-refractivity contribution >= 4 is 40.0 Å². The standard InChI is InChI=1S/C17H16ClN3S/c18-17-20-14-9-4-8-13(19)16(14)15(21-17)10-5-11-22-12-6-2-1-3-7-12/h1-4,6-9H,5,10-11,19H2. The van der Waals surface area contributed by atoms with Gasteiger partial charge in [0.15, 0.2) is 0 Å². The average Bonchev–Trinajstić information content (AvgIpc) is 2.52. The number of thioether (sulfide) groups is 1. The zero-order valence-corrected chi connectivity index (χ0v) is 13.6. The van der Waals surface area contributed by atoms with Crippen LogP contribution in [0.25, 0.3) is 10.9 Å². The van der Waals surface area contributed by atoms with Gasteiger partial charge in [-0.2, -0.15) is 0 Å². The van der Waals surface area contributed by atoms with Crippen LogP contribution in [0, 0.1) is 0 Å². The van der Waals surface area contributed by atoms with E-state index >= 15 is 0 Å². The van der Waals surface area contributed by atoms with Crippen LogP contribution in [-0.4, -0.2) is 15.7 Å². The largest absolute Gasteiger partial charge is 0.398 e. The summed E-state index contributed by atoms with van der Waals surface area (Å²) in [6.45, 7) is 0. The number of anilines is 1. The molecule has 0 saturated heterocycles. The number of rotatable bonds is 5. The molecule has 0 fully saturated rings. The molecular weight excluding hydrogens is 314 g/mol. The molecule has 3 rings (SSSR count). The van der Waals surface area contributed by atoms with Crippen molar-refractivity contribution in [3.8, 4) is 0 Å². The van der Waals surface area contributed by atoms with Gasteiger partial charge in [-0.25, -0.2) is 9.97 Å². The Morgan fingerprint density at radius 3 is 2.64 bits per heavy atom. The molecule has 0 aliphatic heterocycles. The molecule has 0 aliphatic carbocycles. The summed E-state index contributed by atoms with van der Waals surface area (Å²) in [5.74, 6) is 1.03. The van der Waals surface area contributed by atoms with Crippen LogP contribution in [0.15, 0.2) is 53.4 Å². The van der Waals surface area contributed by atoms with Crippen molar-refractivity contribution in [2.45, 2.75) is 17.7 Å². The number of halogens is 1. The quantitative estimate of drug-likeness (QED) is 0.322. The number of aromatic nitrogens is 2. The molecule has 0 amide bonds. The summed E-state index contributed by atoms with van der Waals surface area (Å²) in [6.07, 6.45) is 1.85. The lowest BCUT2D eigenvalue weighted by molar-refractivity contribution is 0.896. The third-order valence-corrected chi connectivity index (χ3v) is 4.64. The fourth-order valence-electron chi connectivity index (χ4n) is 2.38. The van der Waals surface area contributed by atoms with Gasteiger partial charge < -0.3 is 5.73 Å². The fraction of sp³-hybridized carbons (Fsp3) is 0.176. The van der Waals surface area contributed by atoms with E-state index in [9.17, 15) is 0 Å². The van der Waals surface area contributed by atoms with Gasteiger partial charge in [-0.15, -0.1) is 11.8 Å². The van der Waals surface area contributed by atoms with Crippen molar-refractivity contribution in [3.05, 3.63) is 59.5 Å². The Bertz CT molecular complexity index is 777. The first kappa shape index (κ1) is 15.1. The molecule has 22 heavy (non-hydrogen) atoms. The molecule has 0 atom stereocenters. The van der Waals surface area contributed by atoms with Crippen LogP contribution < -0.4 is 5.73 Å². The molecule has 3 nitrogen and oxygen atoms in total. The molecule has 0 unspecified atom stereocenters. The first-order valence-electron chi connectivity index (χ1n) is 7.12. The molecule has 112 valence electrons. The topological polar surface area (TPSA) is 51.8 Å². The summed E-state index contributed by atoms with van der Waals surface area (Å²) >= 11 is 7.86. The highest BCUT2D eigenvalue weighted by atomic mass is 35.5. The van der Waals surface area contributed by atoms with Crippen molar-refractivity contribution in [1.29, 1.82) is 0 Å². The maximum atomic E-state index is 6.07. The second kappa shape index (κ2) is 6.99. The number of nitrogens with zero attached hydrogens (tertiary/aromatic N) is 2. The predicted octanol–water partition coefficient (Wildman–Crippen LogP) is 4.59. The van der Waals surface area contributed by atoms with Gasteiger partial charge >= 0.3 is 0 Å². The molecule has 5 heteroatoms. The van der Waals surface area contributed by atoms with Crippen LogP contribution in [0.3, 0.4) is 0 Å². The number of nitrogens with two attached hydrogens (primary N) is 1. The van der Waals surface area contributed by atoms with E-state index in [4.69, 9.17) is 17.3 Å². The summed E-state index contributed by atoms with van der Waals surface area (Å²) in [7, 11) is 0. The Labute approximate surface area is 138 Å². The predicted molar refractivity (Wildman–Crippen MR) is 94.4 cm³/mol. The fourth-order valence-corrected chi connectivity index (χ4v) is 3.45. The highest BCUT2D eigenvalue weighted by Gasteiger charge is 2.09. The third kappa shape index (κ3) is 3.51. The van der Waals surface area contributed by atoms with Crippen molar-refractivity contribution < 1.29 is 0 Å². The van der Waals surface area contributed by atoms with E-state index in [1.165, 1.54) is 4.90 Å². The molecule has 0 radical (unpaired) electrons. The zero-order valence-electron chi connectivity index (χ0n) is 12.0. The molecule has 0 spiro atoms. The SMILES string of the molecule is Nc1cccc2nc(Cl)nc(CCCSc3ccccc3)c12. The van der Waals surface area contributed by atoms with Crippen LogP contribution >= 0.6 is 23.4 Å². The minimum Gasteiger partial charge on any atom is -0.398 e. The first-order chi connectivity index (χ1) is 10.7. The van der Waals surface area contributed by atoms with E-state index in [1.54, 1.807) is 0 Å². The van der Waals surface area contributed by atoms with E-state index in [2.05, 4.69) is 34.2 Å². The normalized spacial score (nSPS) is 11.0. The molecule has 0 bridgehead atoms. The molecule has 2 N–H and O–H groups in total. The van der Waals surface area contributed by atoms with Crippen LogP contribution in [0.1, 0.15) is 12.1 Å². The van der Waals surface area contributed by atoms with Gasteiger partial charge in [0.25, 0.3) is 0 Å². The Morgan fingerprint density at radius 1 is 1.00 bits per heavy atom. The molecule has 0 aliphatic rings. The van der Waals surface area contributed by atoms with Crippen LogP contribution in [0.2, 0.25) is 5.28 Å². The summed E-state index contributed by atoms with van der Waals surface area (Å²) in [6, 6.07) is 16.1. The van der Waals surface area contributed by atoms with E-state index in [-0.39, 0.29) is 5.28 Å². The molecule has 3 aromatic rings. The van der Waals surface area contributed by atoms with Gasteiger partial charge in [-0.1, -0.05) is 24.3 Å². The Morgan fingerprint density at radius 2 is 1.82 bits per heavy atom. The average molecular weight is 330 g/mol. The lowest BCUT2D eigenvalue weighted by Gasteiger charge is -2.08. The number of hydrogen-bond donors (Lipinski definition) is 1. The molecule has 0 saturated carbocycles. The Kier molecular flexibility index (Phi) is 4.80. The van der Waals surface area contributed by atoms with Gasteiger partial charge in [0.05, 0.1) is 11.2 Å². The van der Waals surface area contributed by atoms with Gasteiger partial charge in [0, 0.05) is 16.0 Å². The zero-order chi connectivity index (χ0) is 15.4. The lowest BCUT2D eigenvalue weighted by Crippen LogP contribution is -2.00. The van der Waals surface area contributed by atoms with Crippen LogP contribution in [0.5, 0.6) is 0 Å². The van der Waals surface area contributed by atoms with E-state index in [1.807, 2.05) is 36.0 Å². The summed E-state index contributed by atoms with van der Waals surface area (Å²) < 4.78 is 0. The van der Waals surface area contributed by atoms with Crippen molar-refractivity contribution in [2.75, 3.05) is 11.5 Å². The first-order valence-corrected chi connectivity index (χ1v) is 8.49. The Hall–Kier alpha value is -1.78. The van der Waals surface area contributed by atoms with Gasteiger partial charge in [0.1, 0.15) is 0 Å². The molecule has 2 aromatic carbocycles. The van der Waals surface area contributed by atoms with E-state index < -0.39 is 0 Å². The smallest absolute Gasteiger partial charge is 0.223 e. The van der Waals surface area contributed by atoms with Crippen molar-refractivity contribution in [2.24, 2.45) is 0 Å². The maximum absolute atomic E-state index is 6.07. The second-order valence-corrected chi connectivity index (χ2v) is 6.45. The summed E-state index contributed by atoms with van der Waals surface area (Å²) in [5.41, 5.74) is 8.53. The monoisotopic (exact) mass is 329 g/mol.